The van der Waals surface area contributed by atoms with Gasteiger partial charge < -0.3 is 15.5 Å². The molecule has 4 nitrogen and oxygen atoms in total. The van der Waals surface area contributed by atoms with E-state index in [1.54, 1.807) is 0 Å². The van der Waals surface area contributed by atoms with Crippen LogP contribution in [0.15, 0.2) is 24.3 Å². The van der Waals surface area contributed by atoms with E-state index < -0.39 is 0 Å². The molecule has 2 aromatic rings. The standard InChI is InChI=1S/C15H19IN4/c1-2-19-7-9-20(10-8-19)15-12-6-4-3-5-11(12)13(16)14(17)18-15/h3-6H,2,7-10H2,1H3,(H2,17,18). The average Bonchev–Trinajstić information content (AvgIpc) is 2.51. The highest BCUT2D eigenvalue weighted by Gasteiger charge is 2.20. The van der Waals surface area contributed by atoms with Crippen molar-refractivity contribution in [2.45, 2.75) is 6.92 Å². The van der Waals surface area contributed by atoms with Crippen molar-refractivity contribution in [3.63, 3.8) is 0 Å². The summed E-state index contributed by atoms with van der Waals surface area (Å²) in [4.78, 5) is 9.48. The summed E-state index contributed by atoms with van der Waals surface area (Å²) in [5.41, 5.74) is 6.09. The Balaban J connectivity index is 2.02. The quantitative estimate of drug-likeness (QED) is 0.812. The molecule has 2 heterocycles. The highest BCUT2D eigenvalue weighted by Crippen LogP contribution is 2.32. The Morgan fingerprint density at radius 1 is 1.15 bits per heavy atom. The average molecular weight is 382 g/mol. The number of nitrogens with zero attached hydrogens (tertiary/aromatic N) is 3. The van der Waals surface area contributed by atoms with Gasteiger partial charge in [-0.1, -0.05) is 31.2 Å². The van der Waals surface area contributed by atoms with Crippen molar-refractivity contribution in [2.75, 3.05) is 43.4 Å². The molecular formula is C15H19IN4. The second kappa shape index (κ2) is 5.73. The van der Waals surface area contributed by atoms with Crippen LogP contribution in [0.25, 0.3) is 10.8 Å². The van der Waals surface area contributed by atoms with Crippen LogP contribution in [-0.4, -0.2) is 42.6 Å². The number of nitrogens with two attached hydrogens (primary N) is 1. The Labute approximate surface area is 133 Å². The van der Waals surface area contributed by atoms with Crippen LogP contribution in [0.1, 0.15) is 6.92 Å². The Hall–Kier alpha value is -1.08. The van der Waals surface area contributed by atoms with Crippen LogP contribution >= 0.6 is 22.6 Å². The molecule has 2 N–H and O–H groups in total. The van der Waals surface area contributed by atoms with E-state index >= 15 is 0 Å². The molecule has 0 amide bonds. The molecule has 20 heavy (non-hydrogen) atoms. The fourth-order valence-corrected chi connectivity index (χ4v) is 3.34. The monoisotopic (exact) mass is 382 g/mol. The van der Waals surface area contributed by atoms with Crippen LogP contribution in [0.3, 0.4) is 0 Å². The summed E-state index contributed by atoms with van der Waals surface area (Å²) in [6, 6.07) is 8.40. The van der Waals surface area contributed by atoms with Gasteiger partial charge in [0.2, 0.25) is 0 Å². The Morgan fingerprint density at radius 2 is 1.80 bits per heavy atom. The van der Waals surface area contributed by atoms with E-state index in [9.17, 15) is 0 Å². The summed E-state index contributed by atoms with van der Waals surface area (Å²) in [5, 5.41) is 2.41. The predicted octanol–water partition coefficient (Wildman–Crippen LogP) is 2.56. The van der Waals surface area contributed by atoms with Gasteiger partial charge in [0, 0.05) is 37.0 Å². The molecule has 0 atom stereocenters. The van der Waals surface area contributed by atoms with Crippen LogP contribution in [0.5, 0.6) is 0 Å². The van der Waals surface area contributed by atoms with Crippen molar-refractivity contribution in [1.29, 1.82) is 0 Å². The van der Waals surface area contributed by atoms with E-state index in [2.05, 4.69) is 68.6 Å². The number of aromatic nitrogens is 1. The minimum absolute atomic E-state index is 0.636. The summed E-state index contributed by atoms with van der Waals surface area (Å²) in [6.07, 6.45) is 0. The van der Waals surface area contributed by atoms with E-state index in [4.69, 9.17) is 5.73 Å². The molecule has 5 heteroatoms. The van der Waals surface area contributed by atoms with Gasteiger partial charge in [-0.05, 0) is 29.1 Å². The Bertz CT molecular complexity index is 621. The molecule has 0 aliphatic carbocycles. The van der Waals surface area contributed by atoms with Gasteiger partial charge in [-0.2, -0.15) is 0 Å². The summed E-state index contributed by atoms with van der Waals surface area (Å²) < 4.78 is 1.05. The number of hydrogen-bond acceptors (Lipinski definition) is 4. The second-order valence-electron chi connectivity index (χ2n) is 5.10. The highest BCUT2D eigenvalue weighted by atomic mass is 127. The molecule has 0 saturated carbocycles. The largest absolute Gasteiger partial charge is 0.383 e. The van der Waals surface area contributed by atoms with Gasteiger partial charge in [-0.15, -0.1) is 0 Å². The van der Waals surface area contributed by atoms with Crippen molar-refractivity contribution in [3.8, 4) is 0 Å². The maximum atomic E-state index is 6.09. The molecule has 0 bridgehead atoms. The fraction of sp³-hybridized carbons (Fsp3) is 0.400. The van der Waals surface area contributed by atoms with Crippen LogP contribution in [0.2, 0.25) is 0 Å². The van der Waals surface area contributed by atoms with Crippen LogP contribution < -0.4 is 10.6 Å². The van der Waals surface area contributed by atoms with E-state index in [0.717, 1.165) is 42.1 Å². The summed E-state index contributed by atoms with van der Waals surface area (Å²) in [5.74, 6) is 1.67. The molecule has 1 aliphatic rings. The molecule has 106 valence electrons. The zero-order valence-corrected chi connectivity index (χ0v) is 13.8. The molecule has 0 spiro atoms. The molecule has 1 aromatic heterocycles. The number of rotatable bonds is 2. The number of anilines is 2. The lowest BCUT2D eigenvalue weighted by molar-refractivity contribution is 0.271. The number of halogens is 1. The molecule has 1 fully saturated rings. The topological polar surface area (TPSA) is 45.4 Å². The van der Waals surface area contributed by atoms with E-state index in [-0.39, 0.29) is 0 Å². The highest BCUT2D eigenvalue weighted by molar-refractivity contribution is 14.1. The predicted molar refractivity (Wildman–Crippen MR) is 93.2 cm³/mol. The third-order valence-corrected chi connectivity index (χ3v) is 5.11. The number of likely N-dealkylation sites (N-methyl/N-ethyl adjacent to an activating group) is 1. The van der Waals surface area contributed by atoms with Crippen LogP contribution in [0, 0.1) is 3.57 Å². The normalized spacial score (nSPS) is 16.8. The molecule has 1 saturated heterocycles. The first kappa shape index (κ1) is 13.9. The van der Waals surface area contributed by atoms with E-state index in [1.807, 2.05) is 0 Å². The zero-order valence-electron chi connectivity index (χ0n) is 11.6. The van der Waals surface area contributed by atoms with E-state index in [1.165, 1.54) is 10.8 Å². The van der Waals surface area contributed by atoms with Gasteiger partial charge in [0.15, 0.2) is 0 Å². The Morgan fingerprint density at radius 3 is 2.45 bits per heavy atom. The SMILES string of the molecule is CCN1CCN(c2nc(N)c(I)c3ccccc23)CC1. The fourth-order valence-electron chi connectivity index (χ4n) is 2.75. The van der Waals surface area contributed by atoms with Crippen molar-refractivity contribution in [3.05, 3.63) is 27.8 Å². The van der Waals surface area contributed by atoms with E-state index in [0.29, 0.717) is 5.82 Å². The third kappa shape index (κ3) is 2.44. The minimum Gasteiger partial charge on any atom is -0.383 e. The van der Waals surface area contributed by atoms with Gasteiger partial charge in [0.25, 0.3) is 0 Å². The molecule has 0 radical (unpaired) electrons. The lowest BCUT2D eigenvalue weighted by Crippen LogP contribution is -2.46. The molecule has 1 aromatic carbocycles. The number of fused-ring (bicyclic) bond motifs is 1. The van der Waals surface area contributed by atoms with Gasteiger partial charge in [-0.25, -0.2) is 4.98 Å². The summed E-state index contributed by atoms with van der Waals surface area (Å²) >= 11 is 2.29. The molecular weight excluding hydrogens is 363 g/mol. The molecule has 1 aliphatic heterocycles. The van der Waals surface area contributed by atoms with Crippen molar-refractivity contribution >= 4 is 45.0 Å². The first-order valence-corrected chi connectivity index (χ1v) is 8.09. The lowest BCUT2D eigenvalue weighted by atomic mass is 10.1. The molecule has 0 unspecified atom stereocenters. The van der Waals surface area contributed by atoms with Crippen molar-refractivity contribution in [1.82, 2.24) is 9.88 Å². The van der Waals surface area contributed by atoms with Crippen LogP contribution in [0.4, 0.5) is 11.6 Å². The Kier molecular flexibility index (Phi) is 3.98. The first-order valence-electron chi connectivity index (χ1n) is 7.01. The summed E-state index contributed by atoms with van der Waals surface area (Å²) in [6.45, 7) is 7.57. The van der Waals surface area contributed by atoms with Gasteiger partial charge in [0.1, 0.15) is 11.6 Å². The maximum Gasteiger partial charge on any atom is 0.139 e. The minimum atomic E-state index is 0.636. The lowest BCUT2D eigenvalue weighted by Gasteiger charge is -2.35. The molecule has 3 rings (SSSR count). The zero-order chi connectivity index (χ0) is 14.1. The second-order valence-corrected chi connectivity index (χ2v) is 6.18. The van der Waals surface area contributed by atoms with Crippen molar-refractivity contribution < 1.29 is 0 Å². The number of hydrogen-bond donors (Lipinski definition) is 1. The van der Waals surface area contributed by atoms with Crippen molar-refractivity contribution in [2.24, 2.45) is 0 Å². The number of benzene rings is 1. The third-order valence-electron chi connectivity index (χ3n) is 3.97. The number of pyridine rings is 1. The van der Waals surface area contributed by atoms with Gasteiger partial charge in [-0.3, -0.25) is 0 Å². The summed E-state index contributed by atoms with van der Waals surface area (Å²) in [7, 11) is 0. The van der Waals surface area contributed by atoms with Crippen LogP contribution in [-0.2, 0) is 0 Å². The van der Waals surface area contributed by atoms with Gasteiger partial charge >= 0.3 is 0 Å². The first-order chi connectivity index (χ1) is 9.70. The van der Waals surface area contributed by atoms with Gasteiger partial charge in [0.05, 0.1) is 3.57 Å². The number of piperazine rings is 1. The number of nitrogen functional groups attached to an aromatic ring is 1. The smallest absolute Gasteiger partial charge is 0.139 e. The maximum absolute atomic E-state index is 6.09.